The fraction of sp³-hybridized carbons (Fsp3) is 0.818. The number of aliphatic hydroxyl groups excluding tert-OH is 3. The van der Waals surface area contributed by atoms with Gasteiger partial charge >= 0.3 is 11.6 Å². The fourth-order valence-electron chi connectivity index (χ4n) is 10.5. The van der Waals surface area contributed by atoms with Gasteiger partial charge in [-0.15, -0.1) is 0 Å². The highest BCUT2D eigenvalue weighted by molar-refractivity contribution is 5.66. The largest absolute Gasteiger partial charge is 0.462 e. The topological polar surface area (TPSA) is 185 Å². The molecule has 0 amide bonds. The van der Waals surface area contributed by atoms with Crippen molar-refractivity contribution >= 4 is 5.97 Å². The molecular formula is C33H48O12. The number of aliphatic hydroxyl groups is 5. The monoisotopic (exact) mass is 636 g/mol. The van der Waals surface area contributed by atoms with Crippen molar-refractivity contribution in [2.75, 3.05) is 7.11 Å². The molecule has 1 aromatic heterocycles. The van der Waals surface area contributed by atoms with Crippen LogP contribution in [0.2, 0.25) is 0 Å². The van der Waals surface area contributed by atoms with E-state index in [9.17, 15) is 35.1 Å². The van der Waals surface area contributed by atoms with Gasteiger partial charge in [0.1, 0.15) is 35.6 Å². The van der Waals surface area contributed by atoms with E-state index < -0.39 is 82.5 Å². The van der Waals surface area contributed by atoms with Crippen molar-refractivity contribution in [3.8, 4) is 0 Å². The first kappa shape index (κ1) is 33.0. The number of methoxy groups -OCH3 is 1. The number of rotatable bonds is 5. The smallest absolute Gasteiger partial charge is 0.335 e. The molecule has 45 heavy (non-hydrogen) atoms. The molecule has 5 fully saturated rings. The SMILES string of the molecule is CO[C@@H]1[C@H](O)[C@@H](O[C@H]2CC[C@]3(C)C4CC[C@]5(C)[C@H](c6ccc(=O)oc6)[C@@H](O)C[C@]5(O)[C@]4(O)C[C@@H](OC(C)=O)[C@H]3C2)O[C@@H](C)[C@@H]1O. The third kappa shape index (κ3) is 4.85. The van der Waals surface area contributed by atoms with Crippen LogP contribution in [0.15, 0.2) is 27.6 Å². The Bertz CT molecular complexity index is 1310. The van der Waals surface area contributed by atoms with Crippen molar-refractivity contribution in [1.29, 1.82) is 0 Å². The zero-order valence-electron chi connectivity index (χ0n) is 26.6. The molecular weight excluding hydrogens is 588 g/mol. The second-order valence-corrected chi connectivity index (χ2v) is 14.8. The molecule has 1 unspecified atom stereocenters. The van der Waals surface area contributed by atoms with E-state index in [-0.39, 0.29) is 30.8 Å². The summed E-state index contributed by atoms with van der Waals surface area (Å²) in [5.74, 6) is -1.69. The van der Waals surface area contributed by atoms with Gasteiger partial charge in [0.05, 0.1) is 24.6 Å². The number of carbonyl (C=O) groups excluding carboxylic acids is 1. The Morgan fingerprint density at radius 3 is 2.42 bits per heavy atom. The highest BCUT2D eigenvalue weighted by atomic mass is 16.7. The number of carbonyl (C=O) groups is 1. The Labute approximate surface area is 262 Å². The van der Waals surface area contributed by atoms with E-state index in [1.165, 1.54) is 26.4 Å². The van der Waals surface area contributed by atoms with E-state index in [1.807, 2.05) is 6.92 Å². The van der Waals surface area contributed by atoms with Crippen LogP contribution >= 0.6 is 0 Å². The van der Waals surface area contributed by atoms with Crippen LogP contribution in [0.3, 0.4) is 0 Å². The summed E-state index contributed by atoms with van der Waals surface area (Å²) in [4.78, 5) is 24.1. The van der Waals surface area contributed by atoms with Crippen molar-refractivity contribution < 1.29 is 53.7 Å². The van der Waals surface area contributed by atoms with E-state index in [4.69, 9.17) is 23.4 Å². The molecule has 4 saturated carbocycles. The van der Waals surface area contributed by atoms with E-state index >= 15 is 0 Å². The minimum Gasteiger partial charge on any atom is -0.462 e. The molecule has 4 aliphatic carbocycles. The molecule has 0 bridgehead atoms. The number of hydrogen-bond donors (Lipinski definition) is 5. The van der Waals surface area contributed by atoms with Crippen LogP contribution in [0.1, 0.15) is 84.1 Å². The minimum absolute atomic E-state index is 0.0167. The summed E-state index contributed by atoms with van der Waals surface area (Å²) in [6.07, 6.45) is -2.93. The van der Waals surface area contributed by atoms with Crippen LogP contribution in [0.25, 0.3) is 0 Å². The molecule has 12 heteroatoms. The van der Waals surface area contributed by atoms with Gasteiger partial charge in [-0.25, -0.2) is 4.79 Å². The van der Waals surface area contributed by atoms with Crippen LogP contribution in [0.5, 0.6) is 0 Å². The Balaban J connectivity index is 1.30. The molecule has 2 heterocycles. The van der Waals surface area contributed by atoms with Crippen molar-refractivity contribution in [1.82, 2.24) is 0 Å². The summed E-state index contributed by atoms with van der Waals surface area (Å²) in [5.41, 5.74) is -4.87. The Morgan fingerprint density at radius 2 is 1.78 bits per heavy atom. The number of hydrogen-bond acceptors (Lipinski definition) is 12. The third-order valence-corrected chi connectivity index (χ3v) is 12.7. The molecule has 1 aromatic rings. The maximum Gasteiger partial charge on any atom is 0.335 e. The average Bonchev–Trinajstić information content (AvgIpc) is 3.18. The molecule has 5 N–H and O–H groups in total. The Hall–Kier alpha value is -1.90. The van der Waals surface area contributed by atoms with E-state index in [0.29, 0.717) is 37.7 Å². The zero-order chi connectivity index (χ0) is 32.7. The summed E-state index contributed by atoms with van der Waals surface area (Å²) in [7, 11) is 1.41. The molecule has 1 aliphatic heterocycles. The lowest BCUT2D eigenvalue weighted by Crippen LogP contribution is -2.75. The molecule has 6 rings (SSSR count). The second kappa shape index (κ2) is 11.4. The van der Waals surface area contributed by atoms with Crippen molar-refractivity contribution in [2.24, 2.45) is 22.7 Å². The minimum atomic E-state index is -1.73. The van der Waals surface area contributed by atoms with Gasteiger partial charge in [-0.3, -0.25) is 4.79 Å². The standard InChI is InChI=1S/C33H48O12/c1-16-26(37)28(41-5)27(38)29(43-16)45-19-8-10-30(3)20(12-19)22(44-17(2)34)14-32(39)23(30)9-11-31(4)25(21(35)13-33(31,32)40)18-6-7-24(36)42-15-18/h6-7,15-16,19-23,25-29,35,37-40H,8-14H2,1-5H3/t16-,19-,20+,21-,22+,23?,25+,26-,27-,28-,29+,30-,31+,32-,33+/m0/s1. The predicted molar refractivity (Wildman–Crippen MR) is 157 cm³/mol. The molecule has 12 nitrogen and oxygen atoms in total. The van der Waals surface area contributed by atoms with Crippen LogP contribution in [-0.2, 0) is 23.7 Å². The lowest BCUT2D eigenvalue weighted by molar-refractivity contribution is -0.328. The quantitative estimate of drug-likeness (QED) is 0.231. The Morgan fingerprint density at radius 1 is 1.04 bits per heavy atom. The lowest BCUT2D eigenvalue weighted by Gasteiger charge is -2.68. The molecule has 5 aliphatic rings. The average molecular weight is 637 g/mol. The maximum atomic E-state index is 12.8. The third-order valence-electron chi connectivity index (χ3n) is 12.7. The first-order valence-electron chi connectivity index (χ1n) is 16.2. The van der Waals surface area contributed by atoms with E-state index in [2.05, 4.69) is 6.92 Å². The van der Waals surface area contributed by atoms with Crippen LogP contribution < -0.4 is 5.63 Å². The molecule has 0 radical (unpaired) electrons. The molecule has 0 aromatic carbocycles. The predicted octanol–water partition coefficient (Wildman–Crippen LogP) is 1.38. The second-order valence-electron chi connectivity index (χ2n) is 14.8. The Kier molecular flexibility index (Phi) is 8.34. The van der Waals surface area contributed by atoms with Gasteiger partial charge in [-0.2, -0.15) is 0 Å². The number of fused-ring (bicyclic) bond motifs is 5. The van der Waals surface area contributed by atoms with E-state index in [0.717, 1.165) is 0 Å². The molecule has 0 spiro atoms. The molecule has 1 saturated heterocycles. The summed E-state index contributed by atoms with van der Waals surface area (Å²) in [6.45, 7) is 6.99. The van der Waals surface area contributed by atoms with Crippen molar-refractivity contribution in [3.63, 3.8) is 0 Å². The summed E-state index contributed by atoms with van der Waals surface area (Å²) >= 11 is 0. The maximum absolute atomic E-state index is 12.8. The number of ether oxygens (including phenoxy) is 4. The van der Waals surface area contributed by atoms with Crippen LogP contribution in [0, 0.1) is 22.7 Å². The highest BCUT2D eigenvalue weighted by Crippen LogP contribution is 2.72. The fourth-order valence-corrected chi connectivity index (χ4v) is 10.5. The van der Waals surface area contributed by atoms with E-state index in [1.54, 1.807) is 13.0 Å². The van der Waals surface area contributed by atoms with Gasteiger partial charge in [0.25, 0.3) is 0 Å². The molecule has 252 valence electrons. The molecule has 15 atom stereocenters. The zero-order valence-corrected chi connectivity index (χ0v) is 26.6. The highest BCUT2D eigenvalue weighted by Gasteiger charge is 2.77. The van der Waals surface area contributed by atoms with Crippen LogP contribution in [-0.4, -0.2) is 98.8 Å². The summed E-state index contributed by atoms with van der Waals surface area (Å²) < 4.78 is 28.5. The van der Waals surface area contributed by atoms with Gasteiger partial charge in [0, 0.05) is 50.2 Å². The van der Waals surface area contributed by atoms with Gasteiger partial charge < -0.3 is 48.9 Å². The number of esters is 1. The van der Waals surface area contributed by atoms with Gasteiger partial charge in [-0.1, -0.05) is 13.8 Å². The first-order valence-corrected chi connectivity index (χ1v) is 16.2. The van der Waals surface area contributed by atoms with Gasteiger partial charge in [0.2, 0.25) is 0 Å². The van der Waals surface area contributed by atoms with Gasteiger partial charge in [0.15, 0.2) is 6.29 Å². The van der Waals surface area contributed by atoms with Gasteiger partial charge in [-0.05, 0) is 62.0 Å². The lowest BCUT2D eigenvalue weighted by atomic mass is 9.40. The summed E-state index contributed by atoms with van der Waals surface area (Å²) in [5, 5.41) is 58.2. The normalized spacial score (nSPS) is 51.1. The van der Waals surface area contributed by atoms with Crippen LogP contribution in [0.4, 0.5) is 0 Å². The first-order chi connectivity index (χ1) is 21.1. The summed E-state index contributed by atoms with van der Waals surface area (Å²) in [6, 6.07) is 2.90. The van der Waals surface area contributed by atoms with Crippen molar-refractivity contribution in [3.05, 3.63) is 34.4 Å². The van der Waals surface area contributed by atoms with Crippen molar-refractivity contribution in [2.45, 2.75) is 139 Å².